The average molecular weight is 224 g/mol. The zero-order chi connectivity index (χ0) is 12.2. The lowest BCUT2D eigenvalue weighted by Gasteiger charge is -2.37. The molecule has 1 aliphatic rings. The number of piperidine rings is 1. The van der Waals surface area contributed by atoms with Crippen molar-refractivity contribution >= 4 is 5.97 Å². The zero-order valence-electron chi connectivity index (χ0n) is 10.3. The van der Waals surface area contributed by atoms with Crippen LogP contribution >= 0.6 is 0 Å². The molecule has 1 fully saturated rings. The number of nitriles is 1. The molecular weight excluding hydrogens is 204 g/mol. The molecule has 0 aromatic heterocycles. The van der Waals surface area contributed by atoms with Gasteiger partial charge in [0.2, 0.25) is 0 Å². The lowest BCUT2D eigenvalue weighted by atomic mass is 9.81. The second-order valence-corrected chi connectivity index (χ2v) is 4.64. The fourth-order valence-electron chi connectivity index (χ4n) is 1.93. The molecule has 1 heterocycles. The van der Waals surface area contributed by atoms with Crippen molar-refractivity contribution in [2.75, 3.05) is 19.7 Å². The number of hydrogen-bond donors (Lipinski definition) is 0. The van der Waals surface area contributed by atoms with Crippen LogP contribution in [0.4, 0.5) is 0 Å². The zero-order valence-corrected chi connectivity index (χ0v) is 10.3. The van der Waals surface area contributed by atoms with Gasteiger partial charge in [0.25, 0.3) is 0 Å². The topological polar surface area (TPSA) is 53.3 Å². The summed E-state index contributed by atoms with van der Waals surface area (Å²) in [6.07, 6.45) is 1.65. The predicted molar refractivity (Wildman–Crippen MR) is 60.6 cm³/mol. The molecule has 90 valence electrons. The number of carbonyl (C=O) groups excluding carboxylic acids is 1. The van der Waals surface area contributed by atoms with E-state index in [1.54, 1.807) is 0 Å². The van der Waals surface area contributed by atoms with Crippen LogP contribution in [0.1, 0.15) is 33.6 Å². The van der Waals surface area contributed by atoms with Crippen LogP contribution < -0.4 is 0 Å². The van der Waals surface area contributed by atoms with Crippen molar-refractivity contribution in [3.05, 3.63) is 0 Å². The van der Waals surface area contributed by atoms with Gasteiger partial charge < -0.3 is 4.74 Å². The minimum atomic E-state index is -0.217. The largest absolute Gasteiger partial charge is 0.465 e. The van der Waals surface area contributed by atoms with E-state index < -0.39 is 0 Å². The van der Waals surface area contributed by atoms with Crippen LogP contribution in [-0.4, -0.2) is 36.6 Å². The summed E-state index contributed by atoms with van der Waals surface area (Å²) < 4.78 is 4.99. The van der Waals surface area contributed by atoms with Crippen molar-refractivity contribution < 1.29 is 9.53 Å². The van der Waals surface area contributed by atoms with Gasteiger partial charge in [-0.3, -0.25) is 9.69 Å². The molecule has 0 radical (unpaired) electrons. The Morgan fingerprint density at radius 1 is 1.56 bits per heavy atom. The van der Waals surface area contributed by atoms with E-state index in [-0.39, 0.29) is 17.4 Å². The van der Waals surface area contributed by atoms with Crippen LogP contribution in [0.25, 0.3) is 0 Å². The van der Waals surface area contributed by atoms with E-state index in [1.165, 1.54) is 0 Å². The Bertz CT molecular complexity index is 288. The fraction of sp³-hybridized carbons (Fsp3) is 0.833. The van der Waals surface area contributed by atoms with Crippen molar-refractivity contribution in [1.29, 1.82) is 5.26 Å². The van der Waals surface area contributed by atoms with E-state index >= 15 is 0 Å². The first-order valence-corrected chi connectivity index (χ1v) is 5.84. The molecule has 1 aliphatic heterocycles. The molecule has 0 saturated carbocycles. The summed E-state index contributed by atoms with van der Waals surface area (Å²) in [5, 5.41) is 9.01. The average Bonchev–Trinajstić information content (AvgIpc) is 2.29. The molecule has 0 aromatic carbocycles. The van der Waals surface area contributed by atoms with Crippen molar-refractivity contribution in [3.8, 4) is 6.07 Å². The summed E-state index contributed by atoms with van der Waals surface area (Å²) >= 11 is 0. The third-order valence-electron chi connectivity index (χ3n) is 3.35. The van der Waals surface area contributed by atoms with Gasteiger partial charge in [0.05, 0.1) is 18.1 Å². The van der Waals surface area contributed by atoms with Crippen molar-refractivity contribution in [2.45, 2.75) is 39.7 Å². The van der Waals surface area contributed by atoms with Gasteiger partial charge in [-0.05, 0) is 33.6 Å². The van der Waals surface area contributed by atoms with Gasteiger partial charge in [0.15, 0.2) is 0 Å². The van der Waals surface area contributed by atoms with Gasteiger partial charge in [-0.1, -0.05) is 0 Å². The Hall–Kier alpha value is -1.08. The van der Waals surface area contributed by atoms with Crippen LogP contribution in [0.15, 0.2) is 0 Å². The summed E-state index contributed by atoms with van der Waals surface area (Å²) in [5.41, 5.74) is -0.217. The molecule has 0 aliphatic carbocycles. The van der Waals surface area contributed by atoms with E-state index in [0.717, 1.165) is 25.9 Å². The number of hydrogen-bond acceptors (Lipinski definition) is 4. The highest BCUT2D eigenvalue weighted by Crippen LogP contribution is 2.30. The standard InChI is InChI=1S/C12H20N2O2/c1-4-16-11(15)10(2)14-7-5-12(3,9-13)6-8-14/h10H,4-8H2,1-3H3. The highest BCUT2D eigenvalue weighted by atomic mass is 16.5. The Morgan fingerprint density at radius 3 is 2.56 bits per heavy atom. The van der Waals surface area contributed by atoms with E-state index in [2.05, 4.69) is 11.0 Å². The van der Waals surface area contributed by atoms with E-state index in [1.807, 2.05) is 20.8 Å². The van der Waals surface area contributed by atoms with E-state index in [9.17, 15) is 4.79 Å². The number of nitrogens with zero attached hydrogens (tertiary/aromatic N) is 2. The summed E-state index contributed by atoms with van der Waals surface area (Å²) in [4.78, 5) is 13.6. The molecule has 1 unspecified atom stereocenters. The highest BCUT2D eigenvalue weighted by molar-refractivity contribution is 5.75. The summed E-state index contributed by atoms with van der Waals surface area (Å²) in [6.45, 7) is 7.68. The first-order chi connectivity index (χ1) is 7.52. The number of esters is 1. The Morgan fingerprint density at radius 2 is 2.12 bits per heavy atom. The first-order valence-electron chi connectivity index (χ1n) is 5.84. The predicted octanol–water partition coefficient (Wildman–Crippen LogP) is 1.56. The summed E-state index contributed by atoms with van der Waals surface area (Å²) in [7, 11) is 0. The molecule has 4 heteroatoms. The van der Waals surface area contributed by atoms with Crippen LogP contribution in [-0.2, 0) is 9.53 Å². The normalized spacial score (nSPS) is 22.1. The molecule has 0 spiro atoms. The molecule has 16 heavy (non-hydrogen) atoms. The maximum absolute atomic E-state index is 11.5. The van der Waals surface area contributed by atoms with Crippen LogP contribution in [0.5, 0.6) is 0 Å². The SMILES string of the molecule is CCOC(=O)C(C)N1CCC(C)(C#N)CC1. The van der Waals surface area contributed by atoms with Crippen LogP contribution in [0.2, 0.25) is 0 Å². The monoisotopic (exact) mass is 224 g/mol. The molecule has 0 amide bonds. The minimum absolute atomic E-state index is 0.164. The van der Waals surface area contributed by atoms with Gasteiger partial charge in [0.1, 0.15) is 6.04 Å². The number of rotatable bonds is 3. The van der Waals surface area contributed by atoms with Crippen molar-refractivity contribution in [1.82, 2.24) is 4.90 Å². The first kappa shape index (κ1) is 13.0. The highest BCUT2D eigenvalue weighted by Gasteiger charge is 2.33. The van der Waals surface area contributed by atoms with Gasteiger partial charge in [-0.25, -0.2) is 0 Å². The molecule has 0 aromatic rings. The van der Waals surface area contributed by atoms with Gasteiger partial charge in [-0.2, -0.15) is 5.26 Å². The molecule has 1 saturated heterocycles. The number of carbonyl (C=O) groups is 1. The van der Waals surface area contributed by atoms with E-state index in [0.29, 0.717) is 6.61 Å². The van der Waals surface area contributed by atoms with Crippen molar-refractivity contribution in [2.24, 2.45) is 5.41 Å². The Kier molecular flexibility index (Phi) is 4.31. The number of likely N-dealkylation sites (tertiary alicyclic amines) is 1. The summed E-state index contributed by atoms with van der Waals surface area (Å²) in [6, 6.07) is 2.16. The molecule has 0 bridgehead atoms. The summed E-state index contributed by atoms with van der Waals surface area (Å²) in [5.74, 6) is -0.164. The second kappa shape index (κ2) is 5.31. The van der Waals surface area contributed by atoms with Crippen molar-refractivity contribution in [3.63, 3.8) is 0 Å². The molecule has 1 rings (SSSR count). The molecule has 4 nitrogen and oxygen atoms in total. The molecule has 1 atom stereocenters. The van der Waals surface area contributed by atoms with Crippen LogP contribution in [0, 0.1) is 16.7 Å². The lowest BCUT2D eigenvalue weighted by Crippen LogP contribution is -2.46. The smallest absolute Gasteiger partial charge is 0.323 e. The number of ether oxygens (including phenoxy) is 1. The Labute approximate surface area is 97.2 Å². The third-order valence-corrected chi connectivity index (χ3v) is 3.35. The third kappa shape index (κ3) is 2.96. The maximum atomic E-state index is 11.5. The lowest BCUT2D eigenvalue weighted by molar-refractivity contribution is -0.149. The van der Waals surface area contributed by atoms with Gasteiger partial charge >= 0.3 is 5.97 Å². The molecular formula is C12H20N2O2. The quantitative estimate of drug-likeness (QED) is 0.683. The van der Waals surface area contributed by atoms with E-state index in [4.69, 9.17) is 10.00 Å². The van der Waals surface area contributed by atoms with Gasteiger partial charge in [0, 0.05) is 13.1 Å². The minimum Gasteiger partial charge on any atom is -0.465 e. The van der Waals surface area contributed by atoms with Gasteiger partial charge in [-0.15, -0.1) is 0 Å². The Balaban J connectivity index is 2.48. The fourth-order valence-corrected chi connectivity index (χ4v) is 1.93. The second-order valence-electron chi connectivity index (χ2n) is 4.64. The maximum Gasteiger partial charge on any atom is 0.323 e. The van der Waals surface area contributed by atoms with Crippen LogP contribution in [0.3, 0.4) is 0 Å². The molecule has 0 N–H and O–H groups in total.